The molecule has 2 saturated heterocycles. The molecule has 6 nitrogen and oxygen atoms in total. The highest BCUT2D eigenvalue weighted by atomic mass is 32.2. The molecular weight excluding hydrogens is 280 g/mol. The first-order chi connectivity index (χ1) is 9.11. The van der Waals surface area contributed by atoms with Crippen molar-refractivity contribution in [1.29, 1.82) is 0 Å². The average Bonchev–Trinajstić information content (AvgIpc) is 2.72. The van der Waals surface area contributed by atoms with E-state index in [1.54, 1.807) is 4.90 Å². The van der Waals surface area contributed by atoms with Crippen LogP contribution in [0.1, 0.15) is 27.7 Å². The Bertz CT molecular complexity index is 409. The van der Waals surface area contributed by atoms with Crippen molar-refractivity contribution < 1.29 is 19.4 Å². The minimum Gasteiger partial charge on any atom is -0.480 e. The SMILES string of the molecule is CC1(C)CN(C(=O)N2CSCC2C(=O)O)CC(C)(C)O1. The third-order valence-corrected chi connectivity index (χ3v) is 4.39. The first kappa shape index (κ1) is 15.4. The molecule has 0 aromatic heterocycles. The van der Waals surface area contributed by atoms with Crippen LogP contribution in [0.2, 0.25) is 0 Å². The monoisotopic (exact) mass is 302 g/mol. The topological polar surface area (TPSA) is 70.1 Å². The first-order valence-corrected chi connectivity index (χ1v) is 7.83. The Morgan fingerprint density at radius 2 is 1.75 bits per heavy atom. The minimum atomic E-state index is -0.935. The van der Waals surface area contributed by atoms with Gasteiger partial charge in [-0.3, -0.25) is 0 Å². The fraction of sp³-hybridized carbons (Fsp3) is 0.846. The molecule has 1 atom stereocenters. The predicted octanol–water partition coefficient (Wildman–Crippen LogP) is 1.46. The van der Waals surface area contributed by atoms with Gasteiger partial charge in [0.15, 0.2) is 0 Å². The summed E-state index contributed by atoms with van der Waals surface area (Å²) in [5.74, 6) is -0.0400. The second-order valence-electron chi connectivity index (χ2n) is 6.58. The van der Waals surface area contributed by atoms with Crippen LogP contribution < -0.4 is 0 Å². The number of nitrogens with zero attached hydrogens (tertiary/aromatic N) is 2. The summed E-state index contributed by atoms with van der Waals surface area (Å²) in [6.45, 7) is 8.73. The highest BCUT2D eigenvalue weighted by Gasteiger charge is 2.44. The summed E-state index contributed by atoms with van der Waals surface area (Å²) in [4.78, 5) is 27.0. The Balaban J connectivity index is 2.14. The zero-order chi connectivity index (χ0) is 15.1. The number of rotatable bonds is 1. The number of carboxylic acids is 1. The maximum atomic E-state index is 12.6. The third kappa shape index (κ3) is 3.20. The number of urea groups is 1. The quantitative estimate of drug-likeness (QED) is 0.794. The Morgan fingerprint density at radius 1 is 1.20 bits per heavy atom. The molecular formula is C13H22N2O4S. The maximum Gasteiger partial charge on any atom is 0.327 e. The van der Waals surface area contributed by atoms with Crippen LogP contribution in [0.25, 0.3) is 0 Å². The van der Waals surface area contributed by atoms with E-state index >= 15 is 0 Å². The first-order valence-electron chi connectivity index (χ1n) is 6.68. The third-order valence-electron chi connectivity index (χ3n) is 3.38. The second kappa shape index (κ2) is 5.11. The van der Waals surface area contributed by atoms with Gasteiger partial charge in [-0.25, -0.2) is 9.59 Å². The van der Waals surface area contributed by atoms with Crippen LogP contribution in [0.3, 0.4) is 0 Å². The Morgan fingerprint density at radius 3 is 2.25 bits per heavy atom. The molecule has 2 amide bonds. The van der Waals surface area contributed by atoms with E-state index in [4.69, 9.17) is 4.74 Å². The molecule has 20 heavy (non-hydrogen) atoms. The summed E-state index contributed by atoms with van der Waals surface area (Å²) in [5, 5.41) is 9.19. The van der Waals surface area contributed by atoms with Crippen molar-refractivity contribution in [3.63, 3.8) is 0 Å². The molecule has 2 rings (SSSR count). The van der Waals surface area contributed by atoms with E-state index in [-0.39, 0.29) is 6.03 Å². The molecule has 2 heterocycles. The van der Waals surface area contributed by atoms with E-state index in [0.29, 0.717) is 24.7 Å². The van der Waals surface area contributed by atoms with E-state index in [9.17, 15) is 14.7 Å². The van der Waals surface area contributed by atoms with Gasteiger partial charge >= 0.3 is 12.0 Å². The van der Waals surface area contributed by atoms with E-state index in [0.717, 1.165) is 0 Å². The van der Waals surface area contributed by atoms with Gasteiger partial charge in [0.2, 0.25) is 0 Å². The molecule has 0 saturated carbocycles. The Kier molecular flexibility index (Phi) is 3.94. The number of aliphatic carboxylic acids is 1. The molecule has 0 radical (unpaired) electrons. The molecule has 0 spiro atoms. The Hall–Kier alpha value is -0.950. The second-order valence-corrected chi connectivity index (χ2v) is 7.58. The van der Waals surface area contributed by atoms with Crippen molar-refractivity contribution in [2.45, 2.75) is 44.9 Å². The van der Waals surface area contributed by atoms with E-state index in [1.807, 2.05) is 27.7 Å². The van der Waals surface area contributed by atoms with Crippen molar-refractivity contribution >= 4 is 23.8 Å². The van der Waals surface area contributed by atoms with Crippen LogP contribution in [0.5, 0.6) is 0 Å². The molecule has 1 N–H and O–H groups in total. The molecule has 114 valence electrons. The van der Waals surface area contributed by atoms with Gasteiger partial charge in [-0.15, -0.1) is 11.8 Å². The van der Waals surface area contributed by atoms with Gasteiger partial charge in [-0.05, 0) is 27.7 Å². The average molecular weight is 302 g/mol. The van der Waals surface area contributed by atoms with Gasteiger partial charge in [-0.1, -0.05) is 0 Å². The van der Waals surface area contributed by atoms with Crippen molar-refractivity contribution in [3.8, 4) is 0 Å². The molecule has 2 aliphatic rings. The fourth-order valence-corrected chi connectivity index (χ4v) is 4.08. The smallest absolute Gasteiger partial charge is 0.327 e. The summed E-state index contributed by atoms with van der Waals surface area (Å²) >= 11 is 1.48. The van der Waals surface area contributed by atoms with Crippen molar-refractivity contribution in [3.05, 3.63) is 0 Å². The van der Waals surface area contributed by atoms with Gasteiger partial charge in [-0.2, -0.15) is 0 Å². The normalized spacial score (nSPS) is 28.5. The maximum absolute atomic E-state index is 12.6. The fourth-order valence-electron chi connectivity index (χ4n) is 2.94. The predicted molar refractivity (Wildman–Crippen MR) is 76.8 cm³/mol. The molecule has 0 bridgehead atoms. The van der Waals surface area contributed by atoms with Crippen LogP contribution in [-0.2, 0) is 9.53 Å². The van der Waals surface area contributed by atoms with Crippen LogP contribution >= 0.6 is 11.8 Å². The lowest BCUT2D eigenvalue weighted by Gasteiger charge is -2.48. The van der Waals surface area contributed by atoms with E-state index in [2.05, 4.69) is 0 Å². The molecule has 0 aromatic rings. The lowest BCUT2D eigenvalue weighted by Crippen LogP contribution is -2.61. The van der Waals surface area contributed by atoms with Crippen molar-refractivity contribution in [2.75, 3.05) is 24.7 Å². The minimum absolute atomic E-state index is 0.202. The number of amides is 2. The van der Waals surface area contributed by atoms with Crippen LogP contribution in [0.4, 0.5) is 4.79 Å². The number of hydrogen-bond acceptors (Lipinski definition) is 4. The van der Waals surface area contributed by atoms with Crippen LogP contribution in [0, 0.1) is 0 Å². The number of carboxylic acid groups (broad SMARTS) is 1. The van der Waals surface area contributed by atoms with Gasteiger partial charge in [0.25, 0.3) is 0 Å². The zero-order valence-electron chi connectivity index (χ0n) is 12.4. The standard InChI is InChI=1S/C13H22N2O4S/c1-12(2)6-14(7-13(3,4)19-12)11(18)15-8-20-5-9(15)10(16)17/h9H,5-8H2,1-4H3,(H,16,17). The number of hydrogen-bond donors (Lipinski definition) is 1. The number of thioether (sulfide) groups is 1. The zero-order valence-corrected chi connectivity index (χ0v) is 13.2. The van der Waals surface area contributed by atoms with Crippen LogP contribution in [-0.4, -0.2) is 68.9 Å². The summed E-state index contributed by atoms with van der Waals surface area (Å²) in [6, 6.07) is -0.923. The van der Waals surface area contributed by atoms with Gasteiger partial charge in [0, 0.05) is 5.75 Å². The Labute approximate surface area is 123 Å². The lowest BCUT2D eigenvalue weighted by molar-refractivity contribution is -0.172. The molecule has 7 heteroatoms. The van der Waals surface area contributed by atoms with E-state index in [1.165, 1.54) is 16.7 Å². The number of ether oxygens (including phenoxy) is 1. The molecule has 2 fully saturated rings. The summed E-state index contributed by atoms with van der Waals surface area (Å²) < 4.78 is 5.94. The number of carbonyl (C=O) groups excluding carboxylic acids is 1. The largest absolute Gasteiger partial charge is 0.480 e. The lowest BCUT2D eigenvalue weighted by atomic mass is 9.99. The van der Waals surface area contributed by atoms with Gasteiger partial charge in [0.1, 0.15) is 6.04 Å². The van der Waals surface area contributed by atoms with Crippen LogP contribution in [0.15, 0.2) is 0 Å². The number of morpholine rings is 1. The summed E-state index contributed by atoms with van der Waals surface area (Å²) in [7, 11) is 0. The molecule has 2 aliphatic heterocycles. The van der Waals surface area contributed by atoms with Gasteiger partial charge in [0.05, 0.1) is 30.2 Å². The molecule has 0 aromatic carbocycles. The molecule has 0 aliphatic carbocycles. The van der Waals surface area contributed by atoms with Gasteiger partial charge < -0.3 is 19.6 Å². The highest BCUT2D eigenvalue weighted by Crippen LogP contribution is 2.30. The summed E-state index contributed by atoms with van der Waals surface area (Å²) in [6.07, 6.45) is 0. The summed E-state index contributed by atoms with van der Waals surface area (Å²) in [5.41, 5.74) is -0.855. The van der Waals surface area contributed by atoms with Crippen molar-refractivity contribution in [2.24, 2.45) is 0 Å². The number of carbonyl (C=O) groups is 2. The van der Waals surface area contributed by atoms with Crippen molar-refractivity contribution in [1.82, 2.24) is 9.80 Å². The molecule has 1 unspecified atom stereocenters. The highest BCUT2D eigenvalue weighted by molar-refractivity contribution is 7.99. The van der Waals surface area contributed by atoms with E-state index < -0.39 is 23.2 Å².